The maximum absolute atomic E-state index is 13.1. The Kier molecular flexibility index (Phi) is 4.47. The van der Waals surface area contributed by atoms with E-state index in [0.29, 0.717) is 0 Å². The van der Waals surface area contributed by atoms with Crippen LogP contribution in [-0.2, 0) is 4.74 Å². The van der Waals surface area contributed by atoms with Crippen LogP contribution in [0.4, 0.5) is 14.9 Å². The lowest BCUT2D eigenvalue weighted by Gasteiger charge is -2.24. The second kappa shape index (κ2) is 6.44. The summed E-state index contributed by atoms with van der Waals surface area (Å²) in [6.07, 6.45) is -0.407. The maximum Gasteiger partial charge on any atom is 0.414 e. The van der Waals surface area contributed by atoms with Crippen LogP contribution in [0.1, 0.15) is 20.8 Å². The highest BCUT2D eigenvalue weighted by molar-refractivity contribution is 7.21. The average Bonchev–Trinajstić information content (AvgIpc) is 2.96. The SMILES string of the molecule is CN(C(=O)OC(C)(C)C)c1ccc2nc(-c3ccc([18F])cc3)sc2c1. The first kappa shape index (κ1) is 17.4. The van der Waals surface area contributed by atoms with Crippen LogP contribution in [-0.4, -0.2) is 23.7 Å². The summed E-state index contributed by atoms with van der Waals surface area (Å²) in [5.41, 5.74) is 1.89. The van der Waals surface area contributed by atoms with Crippen molar-refractivity contribution in [1.82, 2.24) is 4.98 Å². The number of aromatic nitrogens is 1. The largest absolute Gasteiger partial charge is 0.443 e. The van der Waals surface area contributed by atoms with Crippen molar-refractivity contribution in [2.45, 2.75) is 26.4 Å². The van der Waals surface area contributed by atoms with Crippen molar-refractivity contribution >= 4 is 33.3 Å². The quantitative estimate of drug-likeness (QED) is 0.610. The Morgan fingerprint density at radius 1 is 1.16 bits per heavy atom. The lowest BCUT2D eigenvalue weighted by atomic mass is 10.2. The number of hydrogen-bond donors (Lipinski definition) is 0. The summed E-state index contributed by atoms with van der Waals surface area (Å²) in [5.74, 6) is -0.272. The van der Waals surface area contributed by atoms with Gasteiger partial charge in [-0.15, -0.1) is 11.3 Å². The Hall–Kier alpha value is -2.47. The number of ether oxygens (including phenoxy) is 1. The number of nitrogens with zero attached hydrogens (tertiary/aromatic N) is 2. The van der Waals surface area contributed by atoms with Gasteiger partial charge in [-0.3, -0.25) is 4.90 Å². The van der Waals surface area contributed by atoms with Gasteiger partial charge in [0.15, 0.2) is 0 Å². The Morgan fingerprint density at radius 3 is 2.48 bits per heavy atom. The molecule has 1 amide bonds. The number of halogens is 1. The third-order valence-electron chi connectivity index (χ3n) is 3.52. The molecule has 0 bridgehead atoms. The van der Waals surface area contributed by atoms with E-state index in [1.807, 2.05) is 39.0 Å². The van der Waals surface area contributed by atoms with Gasteiger partial charge in [0.1, 0.15) is 16.4 Å². The minimum Gasteiger partial charge on any atom is -0.443 e. The smallest absolute Gasteiger partial charge is 0.414 e. The van der Waals surface area contributed by atoms with Crippen LogP contribution in [0.2, 0.25) is 0 Å². The highest BCUT2D eigenvalue weighted by Crippen LogP contribution is 2.32. The van der Waals surface area contributed by atoms with E-state index < -0.39 is 11.7 Å². The molecule has 4 nitrogen and oxygen atoms in total. The van der Waals surface area contributed by atoms with Gasteiger partial charge in [0.2, 0.25) is 0 Å². The Balaban J connectivity index is 1.90. The third-order valence-corrected chi connectivity index (χ3v) is 4.59. The van der Waals surface area contributed by atoms with E-state index in [9.17, 15) is 9.18 Å². The van der Waals surface area contributed by atoms with Gasteiger partial charge in [0.25, 0.3) is 0 Å². The molecule has 1 aromatic heterocycles. The molecule has 3 rings (SSSR count). The van der Waals surface area contributed by atoms with Gasteiger partial charge < -0.3 is 4.74 Å². The minimum atomic E-state index is -0.546. The molecule has 0 atom stereocenters. The lowest BCUT2D eigenvalue weighted by Crippen LogP contribution is -2.34. The molecule has 0 radical (unpaired) electrons. The fraction of sp³-hybridized carbons (Fsp3) is 0.263. The number of rotatable bonds is 2. The summed E-state index contributed by atoms with van der Waals surface area (Å²) < 4.78 is 19.4. The van der Waals surface area contributed by atoms with Crippen LogP contribution in [0.3, 0.4) is 0 Å². The van der Waals surface area contributed by atoms with Gasteiger partial charge >= 0.3 is 6.09 Å². The van der Waals surface area contributed by atoms with Crippen molar-refractivity contribution < 1.29 is 13.9 Å². The first-order valence-electron chi connectivity index (χ1n) is 7.86. The second-order valence-electron chi connectivity index (χ2n) is 6.72. The molecule has 0 aliphatic heterocycles. The fourth-order valence-corrected chi connectivity index (χ4v) is 3.28. The van der Waals surface area contributed by atoms with Crippen LogP contribution >= 0.6 is 11.3 Å². The maximum atomic E-state index is 13.1. The van der Waals surface area contributed by atoms with Crippen LogP contribution in [0.25, 0.3) is 20.8 Å². The molecule has 0 aliphatic carbocycles. The predicted molar refractivity (Wildman–Crippen MR) is 99.7 cm³/mol. The molecule has 0 N–H and O–H groups in total. The van der Waals surface area contributed by atoms with Crippen LogP contribution in [0.5, 0.6) is 0 Å². The zero-order valence-corrected chi connectivity index (χ0v) is 15.4. The third kappa shape index (κ3) is 3.96. The van der Waals surface area contributed by atoms with Crippen LogP contribution in [0.15, 0.2) is 42.5 Å². The summed E-state index contributed by atoms with van der Waals surface area (Å²) >= 11 is 1.50. The molecular formula is C19H19FN2O2S. The number of thiazole rings is 1. The molecule has 3 aromatic rings. The van der Waals surface area contributed by atoms with E-state index >= 15 is 0 Å². The second-order valence-corrected chi connectivity index (χ2v) is 7.75. The van der Waals surface area contributed by atoms with Crippen LogP contribution < -0.4 is 4.90 Å². The highest BCUT2D eigenvalue weighted by atomic mass is 32.1. The molecule has 1 heterocycles. The molecule has 0 saturated carbocycles. The molecular weight excluding hydrogens is 338 g/mol. The van der Waals surface area contributed by atoms with E-state index in [2.05, 4.69) is 4.98 Å². The van der Waals surface area contributed by atoms with Crippen molar-refractivity contribution in [3.63, 3.8) is 0 Å². The van der Waals surface area contributed by atoms with E-state index in [1.165, 1.54) is 28.4 Å². The molecule has 0 saturated heterocycles. The molecule has 25 heavy (non-hydrogen) atoms. The van der Waals surface area contributed by atoms with Crippen molar-refractivity contribution in [3.05, 3.63) is 48.3 Å². The van der Waals surface area contributed by atoms with Crippen molar-refractivity contribution in [3.8, 4) is 10.6 Å². The van der Waals surface area contributed by atoms with Gasteiger partial charge in [-0.1, -0.05) is 0 Å². The van der Waals surface area contributed by atoms with E-state index in [-0.39, 0.29) is 5.82 Å². The zero-order chi connectivity index (χ0) is 18.2. The molecule has 0 spiro atoms. The van der Waals surface area contributed by atoms with Gasteiger partial charge in [0, 0.05) is 18.3 Å². The Morgan fingerprint density at radius 2 is 1.84 bits per heavy atom. The van der Waals surface area contributed by atoms with Gasteiger partial charge in [-0.2, -0.15) is 0 Å². The minimum absolute atomic E-state index is 0.272. The Bertz CT molecular complexity index is 913. The first-order chi connectivity index (χ1) is 11.7. The van der Waals surface area contributed by atoms with Gasteiger partial charge in [0.05, 0.1) is 10.2 Å². The number of anilines is 1. The number of amides is 1. The lowest BCUT2D eigenvalue weighted by molar-refractivity contribution is 0.0589. The number of benzene rings is 2. The molecule has 2 aromatic carbocycles. The van der Waals surface area contributed by atoms with E-state index in [0.717, 1.165) is 26.5 Å². The summed E-state index contributed by atoms with van der Waals surface area (Å²) in [7, 11) is 1.68. The summed E-state index contributed by atoms with van der Waals surface area (Å²) in [5, 5.41) is 0.812. The molecule has 0 aliphatic rings. The van der Waals surface area contributed by atoms with E-state index in [4.69, 9.17) is 4.74 Å². The molecule has 0 fully saturated rings. The molecule has 0 unspecified atom stereocenters. The van der Waals surface area contributed by atoms with E-state index in [1.54, 1.807) is 19.2 Å². The molecule has 130 valence electrons. The summed E-state index contributed by atoms with van der Waals surface area (Å²) in [6.45, 7) is 5.50. The Labute approximate surface area is 149 Å². The fourth-order valence-electron chi connectivity index (χ4n) is 2.27. The standard InChI is InChI=1S/C19H19FN2O2S/c1-19(2,3)24-18(23)22(4)14-9-10-15-16(11-14)25-17(21-15)12-5-7-13(20)8-6-12/h5-11H,1-4H3/i20-1. The number of hydrogen-bond acceptors (Lipinski definition) is 4. The molecule has 6 heteroatoms. The number of fused-ring (bicyclic) bond motifs is 1. The highest BCUT2D eigenvalue weighted by Gasteiger charge is 2.21. The van der Waals surface area contributed by atoms with Crippen molar-refractivity contribution in [1.29, 1.82) is 0 Å². The average molecular weight is 357 g/mol. The number of carbonyl (C=O) groups is 1. The van der Waals surface area contributed by atoms with Crippen LogP contribution in [0, 0.1) is 5.82 Å². The van der Waals surface area contributed by atoms with Crippen molar-refractivity contribution in [2.24, 2.45) is 0 Å². The number of carbonyl (C=O) groups excluding carboxylic acids is 1. The monoisotopic (exact) mass is 357 g/mol. The summed E-state index contributed by atoms with van der Waals surface area (Å²) in [4.78, 5) is 18.3. The normalized spacial score (nSPS) is 11.6. The van der Waals surface area contributed by atoms with Gasteiger partial charge in [-0.25, -0.2) is 14.2 Å². The zero-order valence-electron chi connectivity index (χ0n) is 14.5. The van der Waals surface area contributed by atoms with Crippen molar-refractivity contribution in [2.75, 3.05) is 11.9 Å². The summed E-state index contributed by atoms with van der Waals surface area (Å²) in [6, 6.07) is 11.9. The predicted octanol–water partition coefficient (Wildman–Crippen LogP) is 5.47. The topological polar surface area (TPSA) is 42.4 Å². The first-order valence-corrected chi connectivity index (χ1v) is 8.68. The van der Waals surface area contributed by atoms with Gasteiger partial charge in [-0.05, 0) is 63.2 Å².